The molecule has 6 rings (SSSR count). The van der Waals surface area contributed by atoms with Crippen molar-refractivity contribution in [2.45, 2.75) is 95.8 Å². The Hall–Kier alpha value is -1.87. The molecule has 2 saturated heterocycles. The maximum Gasteiger partial charge on any atom is 0.342 e. The first-order valence-electron chi connectivity index (χ1n) is 11.7. The van der Waals surface area contributed by atoms with Crippen LogP contribution in [0.2, 0.25) is 0 Å². The molecule has 6 atom stereocenters. The average Bonchev–Trinajstić information content (AvgIpc) is 3.19. The number of ether oxygens (including phenoxy) is 5. The fourth-order valence-corrected chi connectivity index (χ4v) is 8.09. The van der Waals surface area contributed by atoms with Crippen LogP contribution in [0.5, 0.6) is 11.5 Å². The maximum atomic E-state index is 12.5. The summed E-state index contributed by atoms with van der Waals surface area (Å²) in [6, 6.07) is 0. The van der Waals surface area contributed by atoms with E-state index in [-0.39, 0.29) is 18.5 Å². The van der Waals surface area contributed by atoms with Gasteiger partial charge in [0.15, 0.2) is 0 Å². The molecule has 1 saturated carbocycles. The molecule has 1 aliphatic carbocycles. The Labute approximate surface area is 193 Å². The van der Waals surface area contributed by atoms with E-state index >= 15 is 0 Å². The van der Waals surface area contributed by atoms with Gasteiger partial charge in [0, 0.05) is 35.3 Å². The van der Waals surface area contributed by atoms with Crippen LogP contribution >= 0.6 is 0 Å². The minimum atomic E-state index is -1.70. The van der Waals surface area contributed by atoms with Crippen LogP contribution in [-0.2, 0) is 27.2 Å². The first kappa shape index (κ1) is 21.6. The average molecular weight is 461 g/mol. The normalized spacial score (nSPS) is 44.2. The minimum Gasteiger partial charge on any atom is -0.495 e. The van der Waals surface area contributed by atoms with Gasteiger partial charge in [0.25, 0.3) is 5.97 Å². The van der Waals surface area contributed by atoms with Crippen LogP contribution in [-0.4, -0.2) is 52.2 Å². The second-order valence-electron chi connectivity index (χ2n) is 11.4. The van der Waals surface area contributed by atoms with Gasteiger partial charge >= 0.3 is 5.97 Å². The molecule has 0 radical (unpaired) electrons. The zero-order valence-electron chi connectivity index (χ0n) is 20.0. The summed E-state index contributed by atoms with van der Waals surface area (Å²) in [7, 11) is 1.57. The van der Waals surface area contributed by atoms with Crippen molar-refractivity contribution in [3.8, 4) is 11.5 Å². The van der Waals surface area contributed by atoms with Crippen LogP contribution in [0.4, 0.5) is 0 Å². The number of carbonyl (C=O) groups is 1. The van der Waals surface area contributed by atoms with Gasteiger partial charge in [0.2, 0.25) is 0 Å². The van der Waals surface area contributed by atoms with Crippen molar-refractivity contribution in [1.29, 1.82) is 0 Å². The van der Waals surface area contributed by atoms with Gasteiger partial charge in [0.05, 0.1) is 13.2 Å². The molecule has 0 unspecified atom stereocenters. The lowest BCUT2D eigenvalue weighted by molar-refractivity contribution is -0.384. The number of fused-ring (bicyclic) bond motifs is 5. The van der Waals surface area contributed by atoms with Crippen LogP contribution in [0.3, 0.4) is 0 Å². The molecule has 5 aliphatic rings. The number of esters is 1. The number of aliphatic hydroxyl groups is 2. The Balaban J connectivity index is 1.56. The summed E-state index contributed by atoms with van der Waals surface area (Å²) in [4.78, 5) is 12.5. The lowest BCUT2D eigenvalue weighted by Gasteiger charge is -2.66. The van der Waals surface area contributed by atoms with Gasteiger partial charge in [-0.05, 0) is 46.1 Å². The predicted octanol–water partition coefficient (Wildman–Crippen LogP) is 2.76. The topological polar surface area (TPSA) is 104 Å². The summed E-state index contributed by atoms with van der Waals surface area (Å²) >= 11 is 0. The Morgan fingerprint density at radius 2 is 1.82 bits per heavy atom. The van der Waals surface area contributed by atoms with Crippen molar-refractivity contribution in [2.75, 3.05) is 7.11 Å². The second kappa shape index (κ2) is 6.03. The molecule has 1 spiro atoms. The largest absolute Gasteiger partial charge is 0.495 e. The quantitative estimate of drug-likeness (QED) is 0.617. The molecule has 0 amide bonds. The van der Waals surface area contributed by atoms with Gasteiger partial charge in [-0.25, -0.2) is 4.79 Å². The number of cyclic esters (lactones) is 1. The number of rotatable bonds is 1. The molecule has 1 aromatic carbocycles. The number of carbonyl (C=O) groups excluding carboxylic acids is 1. The smallest absolute Gasteiger partial charge is 0.342 e. The van der Waals surface area contributed by atoms with Gasteiger partial charge in [-0.1, -0.05) is 6.92 Å². The van der Waals surface area contributed by atoms with E-state index in [1.807, 2.05) is 27.7 Å². The fraction of sp³-hybridized carbons (Fsp3) is 0.720. The van der Waals surface area contributed by atoms with E-state index in [4.69, 9.17) is 23.7 Å². The highest BCUT2D eigenvalue weighted by molar-refractivity contribution is 5.98. The van der Waals surface area contributed by atoms with Crippen LogP contribution in [0.15, 0.2) is 0 Å². The zero-order chi connectivity index (χ0) is 23.8. The first-order chi connectivity index (χ1) is 15.3. The molecule has 33 heavy (non-hydrogen) atoms. The number of aliphatic hydroxyl groups excluding tert-OH is 1. The molecule has 4 heterocycles. The number of hydrogen-bond acceptors (Lipinski definition) is 8. The number of hydrogen-bond donors (Lipinski definition) is 2. The summed E-state index contributed by atoms with van der Waals surface area (Å²) in [5, 5.41) is 22.6. The van der Waals surface area contributed by atoms with Crippen LogP contribution in [0.25, 0.3) is 0 Å². The zero-order valence-corrected chi connectivity index (χ0v) is 20.0. The molecule has 8 heteroatoms. The maximum absolute atomic E-state index is 12.5. The fourth-order valence-electron chi connectivity index (χ4n) is 8.09. The third-order valence-corrected chi connectivity index (χ3v) is 9.38. The van der Waals surface area contributed by atoms with Crippen molar-refractivity contribution < 1.29 is 38.7 Å². The summed E-state index contributed by atoms with van der Waals surface area (Å²) in [6.07, 6.45) is 0.893. The Morgan fingerprint density at radius 1 is 1.09 bits per heavy atom. The molecule has 4 aliphatic heterocycles. The lowest BCUT2D eigenvalue weighted by atomic mass is 9.46. The van der Waals surface area contributed by atoms with Crippen LogP contribution in [0, 0.1) is 18.3 Å². The van der Waals surface area contributed by atoms with E-state index in [9.17, 15) is 15.0 Å². The van der Waals surface area contributed by atoms with Crippen molar-refractivity contribution >= 4 is 5.97 Å². The van der Waals surface area contributed by atoms with Crippen molar-refractivity contribution in [3.05, 3.63) is 22.3 Å². The molecular weight excluding hydrogens is 428 g/mol. The number of benzene rings is 1. The second-order valence-corrected chi connectivity index (χ2v) is 11.4. The predicted molar refractivity (Wildman–Crippen MR) is 115 cm³/mol. The van der Waals surface area contributed by atoms with Crippen molar-refractivity contribution in [1.82, 2.24) is 0 Å². The van der Waals surface area contributed by atoms with E-state index in [0.29, 0.717) is 42.7 Å². The van der Waals surface area contributed by atoms with Gasteiger partial charge in [-0.2, -0.15) is 0 Å². The van der Waals surface area contributed by atoms with Crippen LogP contribution < -0.4 is 9.47 Å². The summed E-state index contributed by atoms with van der Waals surface area (Å²) < 4.78 is 30.2. The third-order valence-electron chi connectivity index (χ3n) is 9.38. The van der Waals surface area contributed by atoms with Gasteiger partial charge in [-0.15, -0.1) is 0 Å². The minimum absolute atomic E-state index is 0.0878. The highest BCUT2D eigenvalue weighted by Gasteiger charge is 2.80. The molecule has 3 fully saturated rings. The molecule has 8 nitrogen and oxygen atoms in total. The molecule has 1 aromatic rings. The first-order valence-corrected chi connectivity index (χ1v) is 11.7. The molecule has 0 aromatic heterocycles. The van der Waals surface area contributed by atoms with Crippen LogP contribution in [0.1, 0.15) is 74.0 Å². The molecule has 2 N–H and O–H groups in total. The van der Waals surface area contributed by atoms with Crippen molar-refractivity contribution in [3.63, 3.8) is 0 Å². The van der Waals surface area contributed by atoms with E-state index < -0.39 is 34.3 Å². The highest BCUT2D eigenvalue weighted by atomic mass is 16.9. The summed E-state index contributed by atoms with van der Waals surface area (Å²) in [6.45, 7) is 10.1. The monoisotopic (exact) mass is 460 g/mol. The summed E-state index contributed by atoms with van der Waals surface area (Å²) in [5.74, 6) is -0.947. The standard InChI is InChI=1S/C25H32O8/c1-12-14-11-30-20(27)17(14)19(29-6)13-9-15-22(4)7-8-24(28)32-21(2,3)25(22,33-24)16(26)10-23(15,5)31-18(12)13/h15-16,26,28H,7-11H2,1-6H3/t15-,16-,22-,23+,24+,25-/m1/s1. The molecule has 2 bridgehead atoms. The van der Waals surface area contributed by atoms with Gasteiger partial charge in [-0.3, -0.25) is 0 Å². The molecular formula is C25H32O8. The SMILES string of the molecule is COc1c2c(c(C)c3c1C(=O)OC3)O[C@@]1(C)C[C@@H](O)[C@]34O[C@](O)(CC[C@]3(C)[C@H]1C2)OC4(C)C. The van der Waals surface area contributed by atoms with E-state index in [0.717, 1.165) is 16.7 Å². The van der Waals surface area contributed by atoms with Gasteiger partial charge < -0.3 is 33.9 Å². The third kappa shape index (κ3) is 2.29. The highest BCUT2D eigenvalue weighted by Crippen LogP contribution is 2.70. The lowest BCUT2D eigenvalue weighted by Crippen LogP contribution is -2.76. The van der Waals surface area contributed by atoms with E-state index in [1.54, 1.807) is 7.11 Å². The van der Waals surface area contributed by atoms with E-state index in [1.165, 1.54) is 0 Å². The van der Waals surface area contributed by atoms with E-state index in [2.05, 4.69) is 6.92 Å². The van der Waals surface area contributed by atoms with Gasteiger partial charge in [0.1, 0.15) is 40.5 Å². The Kier molecular flexibility index (Phi) is 3.95. The summed E-state index contributed by atoms with van der Waals surface area (Å²) in [5.41, 5.74) is -0.292. The Morgan fingerprint density at radius 3 is 2.52 bits per heavy atom. The number of methoxy groups -OCH3 is 1. The van der Waals surface area contributed by atoms with Crippen molar-refractivity contribution in [2.24, 2.45) is 11.3 Å². The molecule has 180 valence electrons. The Bertz CT molecular complexity index is 1100.